The average molecular weight is 226 g/mol. The van der Waals surface area contributed by atoms with E-state index in [2.05, 4.69) is 16.7 Å². The van der Waals surface area contributed by atoms with Crippen molar-refractivity contribution in [2.24, 2.45) is 0 Å². The Morgan fingerprint density at radius 1 is 1.47 bits per heavy atom. The monoisotopic (exact) mass is 226 g/mol. The van der Waals surface area contributed by atoms with Gasteiger partial charge in [0, 0.05) is 17.0 Å². The third kappa shape index (κ3) is 5.54. The summed E-state index contributed by atoms with van der Waals surface area (Å²) in [6, 6.07) is 4.07. The Kier molecular flexibility index (Phi) is 4.29. The van der Waals surface area contributed by atoms with Crippen LogP contribution in [0, 0.1) is 0 Å². The largest absolute Gasteiger partial charge is 0.350 e. The third-order valence-corrected chi connectivity index (χ3v) is 2.56. The summed E-state index contributed by atoms with van der Waals surface area (Å²) in [5.74, 6) is 0.0408. The van der Waals surface area contributed by atoms with Crippen LogP contribution < -0.4 is 10.6 Å². The Morgan fingerprint density at radius 3 is 2.73 bits per heavy atom. The molecule has 0 bridgehead atoms. The number of rotatable bonds is 4. The van der Waals surface area contributed by atoms with Gasteiger partial charge in [-0.3, -0.25) is 4.79 Å². The Morgan fingerprint density at radius 2 is 2.20 bits per heavy atom. The number of nitrogens with one attached hydrogen (secondary N) is 2. The van der Waals surface area contributed by atoms with Gasteiger partial charge in [0.15, 0.2) is 0 Å². The van der Waals surface area contributed by atoms with Crippen molar-refractivity contribution < 1.29 is 4.79 Å². The fourth-order valence-corrected chi connectivity index (χ4v) is 1.85. The molecule has 0 spiro atoms. The second-order valence-electron chi connectivity index (χ2n) is 4.48. The highest BCUT2D eigenvalue weighted by atomic mass is 32.1. The SMILES string of the molecule is CC(C)(C)NC(=O)CNCc1cccs1. The van der Waals surface area contributed by atoms with E-state index in [-0.39, 0.29) is 11.4 Å². The van der Waals surface area contributed by atoms with Gasteiger partial charge in [0.25, 0.3) is 0 Å². The molecule has 2 N–H and O–H groups in total. The van der Waals surface area contributed by atoms with E-state index in [9.17, 15) is 4.79 Å². The van der Waals surface area contributed by atoms with Gasteiger partial charge in [-0.1, -0.05) is 6.07 Å². The van der Waals surface area contributed by atoms with Gasteiger partial charge in [0.05, 0.1) is 6.54 Å². The zero-order valence-electron chi connectivity index (χ0n) is 9.46. The Balaban J connectivity index is 2.18. The van der Waals surface area contributed by atoms with E-state index in [4.69, 9.17) is 0 Å². The van der Waals surface area contributed by atoms with E-state index in [1.807, 2.05) is 32.2 Å². The molecule has 0 saturated heterocycles. The van der Waals surface area contributed by atoms with Gasteiger partial charge in [-0.05, 0) is 32.2 Å². The molecule has 15 heavy (non-hydrogen) atoms. The quantitative estimate of drug-likeness (QED) is 0.821. The molecule has 0 fully saturated rings. The van der Waals surface area contributed by atoms with E-state index >= 15 is 0 Å². The number of carbonyl (C=O) groups excluding carboxylic acids is 1. The minimum Gasteiger partial charge on any atom is -0.350 e. The number of hydrogen-bond acceptors (Lipinski definition) is 3. The van der Waals surface area contributed by atoms with Crippen LogP contribution in [0.15, 0.2) is 17.5 Å². The summed E-state index contributed by atoms with van der Waals surface area (Å²) in [6.07, 6.45) is 0. The van der Waals surface area contributed by atoms with Crippen molar-refractivity contribution in [3.8, 4) is 0 Å². The summed E-state index contributed by atoms with van der Waals surface area (Å²) in [5, 5.41) is 8.04. The van der Waals surface area contributed by atoms with Gasteiger partial charge >= 0.3 is 0 Å². The van der Waals surface area contributed by atoms with Gasteiger partial charge in [-0.25, -0.2) is 0 Å². The van der Waals surface area contributed by atoms with E-state index in [1.165, 1.54) is 4.88 Å². The number of thiophene rings is 1. The lowest BCUT2D eigenvalue weighted by Gasteiger charge is -2.20. The van der Waals surface area contributed by atoms with Crippen LogP contribution in [0.2, 0.25) is 0 Å². The van der Waals surface area contributed by atoms with Crippen LogP contribution in [-0.2, 0) is 11.3 Å². The normalized spacial score (nSPS) is 11.4. The minimum absolute atomic E-state index is 0.0408. The molecule has 4 heteroatoms. The highest BCUT2D eigenvalue weighted by molar-refractivity contribution is 7.09. The average Bonchev–Trinajstić information content (AvgIpc) is 2.53. The lowest BCUT2D eigenvalue weighted by atomic mass is 10.1. The van der Waals surface area contributed by atoms with Crippen molar-refractivity contribution in [1.82, 2.24) is 10.6 Å². The maximum Gasteiger partial charge on any atom is 0.234 e. The first kappa shape index (κ1) is 12.2. The van der Waals surface area contributed by atoms with E-state index < -0.39 is 0 Å². The molecule has 1 rings (SSSR count). The molecule has 0 radical (unpaired) electrons. The van der Waals surface area contributed by atoms with Crippen LogP contribution in [0.1, 0.15) is 25.6 Å². The van der Waals surface area contributed by atoms with Crippen LogP contribution in [0.25, 0.3) is 0 Å². The van der Waals surface area contributed by atoms with Crippen molar-refractivity contribution in [3.63, 3.8) is 0 Å². The highest BCUT2D eigenvalue weighted by Crippen LogP contribution is 2.07. The fraction of sp³-hybridized carbons (Fsp3) is 0.545. The van der Waals surface area contributed by atoms with Crippen LogP contribution in [-0.4, -0.2) is 18.0 Å². The van der Waals surface area contributed by atoms with Crippen molar-refractivity contribution in [1.29, 1.82) is 0 Å². The zero-order valence-corrected chi connectivity index (χ0v) is 10.3. The lowest BCUT2D eigenvalue weighted by Crippen LogP contribution is -2.44. The summed E-state index contributed by atoms with van der Waals surface area (Å²) in [7, 11) is 0. The zero-order chi connectivity index (χ0) is 11.3. The molecule has 1 aromatic rings. The summed E-state index contributed by atoms with van der Waals surface area (Å²) in [6.45, 7) is 7.06. The van der Waals surface area contributed by atoms with E-state index in [1.54, 1.807) is 11.3 Å². The van der Waals surface area contributed by atoms with Crippen LogP contribution in [0.4, 0.5) is 0 Å². The van der Waals surface area contributed by atoms with E-state index in [0.29, 0.717) is 6.54 Å². The highest BCUT2D eigenvalue weighted by Gasteiger charge is 2.12. The third-order valence-electron chi connectivity index (χ3n) is 1.68. The molecular weight excluding hydrogens is 208 g/mol. The first-order chi connectivity index (χ1) is 6.97. The summed E-state index contributed by atoms with van der Waals surface area (Å²) < 4.78 is 0. The predicted octanol–water partition coefficient (Wildman–Crippen LogP) is 1.75. The van der Waals surface area contributed by atoms with Gasteiger partial charge in [-0.15, -0.1) is 11.3 Å². The molecule has 0 aliphatic carbocycles. The summed E-state index contributed by atoms with van der Waals surface area (Å²) in [4.78, 5) is 12.7. The number of carbonyl (C=O) groups is 1. The molecule has 84 valence electrons. The van der Waals surface area contributed by atoms with Gasteiger partial charge in [0.1, 0.15) is 0 Å². The number of hydrogen-bond donors (Lipinski definition) is 2. The number of amides is 1. The van der Waals surface area contributed by atoms with Crippen LogP contribution in [0.3, 0.4) is 0 Å². The minimum atomic E-state index is -0.151. The summed E-state index contributed by atoms with van der Waals surface area (Å²) >= 11 is 1.69. The van der Waals surface area contributed by atoms with Crippen LogP contribution in [0.5, 0.6) is 0 Å². The predicted molar refractivity (Wildman–Crippen MR) is 63.9 cm³/mol. The fourth-order valence-electron chi connectivity index (χ4n) is 1.17. The van der Waals surface area contributed by atoms with Gasteiger partial charge < -0.3 is 10.6 Å². The molecule has 0 atom stereocenters. The van der Waals surface area contributed by atoms with E-state index in [0.717, 1.165) is 6.54 Å². The Labute approximate surface area is 94.9 Å². The molecule has 0 aliphatic heterocycles. The lowest BCUT2D eigenvalue weighted by molar-refractivity contribution is -0.121. The maximum atomic E-state index is 11.4. The first-order valence-corrected chi connectivity index (χ1v) is 5.89. The smallest absolute Gasteiger partial charge is 0.234 e. The molecule has 1 amide bonds. The van der Waals surface area contributed by atoms with Crippen molar-refractivity contribution in [2.45, 2.75) is 32.9 Å². The molecule has 0 aromatic carbocycles. The van der Waals surface area contributed by atoms with Crippen molar-refractivity contribution in [2.75, 3.05) is 6.54 Å². The Hall–Kier alpha value is -0.870. The molecular formula is C11H18N2OS. The topological polar surface area (TPSA) is 41.1 Å². The standard InChI is InChI=1S/C11H18N2OS/c1-11(2,3)13-10(14)8-12-7-9-5-4-6-15-9/h4-6,12H,7-8H2,1-3H3,(H,13,14). The first-order valence-electron chi connectivity index (χ1n) is 5.01. The Bertz CT molecular complexity index is 301. The molecule has 1 aromatic heterocycles. The second kappa shape index (κ2) is 5.28. The molecule has 1 heterocycles. The van der Waals surface area contributed by atoms with Crippen molar-refractivity contribution in [3.05, 3.63) is 22.4 Å². The van der Waals surface area contributed by atoms with Crippen molar-refractivity contribution >= 4 is 17.2 Å². The molecule has 3 nitrogen and oxygen atoms in total. The summed E-state index contributed by atoms with van der Waals surface area (Å²) in [5.41, 5.74) is -0.151. The second-order valence-corrected chi connectivity index (χ2v) is 5.51. The van der Waals surface area contributed by atoms with Gasteiger partial charge in [0.2, 0.25) is 5.91 Å². The van der Waals surface area contributed by atoms with Crippen LogP contribution >= 0.6 is 11.3 Å². The molecule has 0 aliphatic rings. The molecule has 0 unspecified atom stereocenters. The van der Waals surface area contributed by atoms with Gasteiger partial charge in [-0.2, -0.15) is 0 Å². The molecule has 0 saturated carbocycles. The maximum absolute atomic E-state index is 11.4.